The van der Waals surface area contributed by atoms with Gasteiger partial charge in [-0.15, -0.1) is 0 Å². The van der Waals surface area contributed by atoms with Gasteiger partial charge in [0.05, 0.1) is 41.2 Å². The average molecular weight is 299 g/mol. The first kappa shape index (κ1) is 17.6. The lowest BCUT2D eigenvalue weighted by molar-refractivity contribution is 0.0719. The van der Waals surface area contributed by atoms with E-state index in [1.54, 1.807) is 28.4 Å². The van der Waals surface area contributed by atoms with Crippen LogP contribution in [0, 0.1) is 0 Å². The Morgan fingerprint density at radius 3 is 2.24 bits per heavy atom. The SMILES string of the molecule is COCCOCCNCc1ccc(OC)c(OC)c1OC. The first-order valence-electron chi connectivity index (χ1n) is 6.83. The summed E-state index contributed by atoms with van der Waals surface area (Å²) in [6, 6.07) is 3.83. The van der Waals surface area contributed by atoms with Gasteiger partial charge < -0.3 is 29.0 Å². The van der Waals surface area contributed by atoms with Gasteiger partial charge in [-0.3, -0.25) is 0 Å². The van der Waals surface area contributed by atoms with Crippen LogP contribution >= 0.6 is 0 Å². The Hall–Kier alpha value is -1.50. The summed E-state index contributed by atoms with van der Waals surface area (Å²) in [4.78, 5) is 0. The summed E-state index contributed by atoms with van der Waals surface area (Å²) >= 11 is 0. The molecule has 1 N–H and O–H groups in total. The maximum Gasteiger partial charge on any atom is 0.203 e. The van der Waals surface area contributed by atoms with Crippen molar-refractivity contribution in [3.05, 3.63) is 17.7 Å². The molecule has 21 heavy (non-hydrogen) atoms. The third-order valence-electron chi connectivity index (χ3n) is 2.96. The van der Waals surface area contributed by atoms with Crippen LogP contribution in [0.3, 0.4) is 0 Å². The maximum absolute atomic E-state index is 5.43. The molecule has 6 nitrogen and oxygen atoms in total. The van der Waals surface area contributed by atoms with Crippen LogP contribution in [0.5, 0.6) is 17.2 Å². The molecule has 0 aromatic heterocycles. The third kappa shape index (κ3) is 5.41. The van der Waals surface area contributed by atoms with Crippen molar-refractivity contribution in [2.24, 2.45) is 0 Å². The van der Waals surface area contributed by atoms with E-state index in [0.29, 0.717) is 43.6 Å². The van der Waals surface area contributed by atoms with E-state index < -0.39 is 0 Å². The minimum atomic E-state index is 0.607. The first-order valence-corrected chi connectivity index (χ1v) is 6.83. The lowest BCUT2D eigenvalue weighted by Crippen LogP contribution is -2.20. The van der Waals surface area contributed by atoms with E-state index in [-0.39, 0.29) is 0 Å². The van der Waals surface area contributed by atoms with Crippen molar-refractivity contribution < 1.29 is 23.7 Å². The Bertz CT molecular complexity index is 411. The molecule has 0 radical (unpaired) electrons. The normalized spacial score (nSPS) is 10.5. The number of hydrogen-bond acceptors (Lipinski definition) is 6. The second kappa shape index (κ2) is 10.3. The number of nitrogens with one attached hydrogen (secondary N) is 1. The fraction of sp³-hybridized carbons (Fsp3) is 0.600. The molecule has 6 heteroatoms. The fourth-order valence-electron chi connectivity index (χ4n) is 1.91. The summed E-state index contributed by atoms with van der Waals surface area (Å²) < 4.78 is 26.3. The summed E-state index contributed by atoms with van der Waals surface area (Å²) in [5, 5.41) is 3.30. The van der Waals surface area contributed by atoms with Gasteiger partial charge in [0, 0.05) is 25.8 Å². The zero-order chi connectivity index (χ0) is 15.5. The molecule has 0 spiro atoms. The molecule has 0 bridgehead atoms. The number of benzene rings is 1. The van der Waals surface area contributed by atoms with Gasteiger partial charge in [0.1, 0.15) is 0 Å². The van der Waals surface area contributed by atoms with E-state index in [1.807, 2.05) is 12.1 Å². The summed E-state index contributed by atoms with van der Waals surface area (Å²) in [5.41, 5.74) is 1.01. The van der Waals surface area contributed by atoms with Crippen molar-refractivity contribution in [2.45, 2.75) is 6.54 Å². The largest absolute Gasteiger partial charge is 0.493 e. The summed E-state index contributed by atoms with van der Waals surface area (Å²) in [7, 11) is 6.48. The second-order valence-corrected chi connectivity index (χ2v) is 4.28. The van der Waals surface area contributed by atoms with Crippen LogP contribution in [0.15, 0.2) is 12.1 Å². The van der Waals surface area contributed by atoms with Crippen LogP contribution in [0.2, 0.25) is 0 Å². The molecule has 0 unspecified atom stereocenters. The van der Waals surface area contributed by atoms with Crippen molar-refractivity contribution in [1.82, 2.24) is 5.32 Å². The van der Waals surface area contributed by atoms with Gasteiger partial charge in [-0.05, 0) is 6.07 Å². The molecule has 0 saturated heterocycles. The number of hydrogen-bond donors (Lipinski definition) is 1. The topological polar surface area (TPSA) is 58.2 Å². The Balaban J connectivity index is 2.51. The smallest absolute Gasteiger partial charge is 0.203 e. The van der Waals surface area contributed by atoms with E-state index in [1.165, 1.54) is 0 Å². The summed E-state index contributed by atoms with van der Waals surface area (Å²) in [5.74, 6) is 1.95. The van der Waals surface area contributed by atoms with Crippen molar-refractivity contribution >= 4 is 0 Å². The Labute approximate surface area is 126 Å². The van der Waals surface area contributed by atoms with E-state index in [4.69, 9.17) is 23.7 Å². The van der Waals surface area contributed by atoms with Crippen LogP contribution < -0.4 is 19.5 Å². The standard InChI is InChI=1S/C15H25NO5/c1-17-9-10-21-8-7-16-11-12-5-6-13(18-2)15(20-4)14(12)19-3/h5-6,16H,7-11H2,1-4H3. The van der Waals surface area contributed by atoms with Crippen LogP contribution in [-0.4, -0.2) is 54.8 Å². The maximum atomic E-state index is 5.43. The average Bonchev–Trinajstić information content (AvgIpc) is 2.52. The van der Waals surface area contributed by atoms with Crippen LogP contribution in [0.4, 0.5) is 0 Å². The molecule has 1 aromatic carbocycles. The molecule has 120 valence electrons. The van der Waals surface area contributed by atoms with Crippen molar-refractivity contribution in [1.29, 1.82) is 0 Å². The molecule has 0 saturated carbocycles. The number of rotatable bonds is 11. The van der Waals surface area contributed by atoms with Crippen LogP contribution in [0.25, 0.3) is 0 Å². The highest BCUT2D eigenvalue weighted by Crippen LogP contribution is 2.39. The van der Waals surface area contributed by atoms with Crippen LogP contribution in [0.1, 0.15) is 5.56 Å². The third-order valence-corrected chi connectivity index (χ3v) is 2.96. The molecule has 0 atom stereocenters. The fourth-order valence-corrected chi connectivity index (χ4v) is 1.91. The Morgan fingerprint density at radius 1 is 0.857 bits per heavy atom. The molecule has 0 amide bonds. The molecular formula is C15H25NO5. The van der Waals surface area contributed by atoms with Gasteiger partial charge in [-0.2, -0.15) is 0 Å². The lowest BCUT2D eigenvalue weighted by atomic mass is 10.1. The van der Waals surface area contributed by atoms with Crippen molar-refractivity contribution in [3.63, 3.8) is 0 Å². The highest BCUT2D eigenvalue weighted by Gasteiger charge is 2.15. The molecule has 0 heterocycles. The van der Waals surface area contributed by atoms with E-state index in [2.05, 4.69) is 5.32 Å². The number of ether oxygens (including phenoxy) is 5. The second-order valence-electron chi connectivity index (χ2n) is 4.28. The van der Waals surface area contributed by atoms with E-state index in [0.717, 1.165) is 12.1 Å². The zero-order valence-electron chi connectivity index (χ0n) is 13.2. The van der Waals surface area contributed by atoms with E-state index >= 15 is 0 Å². The molecule has 0 aliphatic carbocycles. The van der Waals surface area contributed by atoms with E-state index in [9.17, 15) is 0 Å². The molecule has 1 rings (SSSR count). The Kier molecular flexibility index (Phi) is 8.57. The molecular weight excluding hydrogens is 274 g/mol. The molecule has 0 fully saturated rings. The van der Waals surface area contributed by atoms with Gasteiger partial charge in [0.2, 0.25) is 5.75 Å². The van der Waals surface area contributed by atoms with Crippen molar-refractivity contribution in [2.75, 3.05) is 54.8 Å². The minimum absolute atomic E-state index is 0.607. The quantitative estimate of drug-likeness (QED) is 0.624. The predicted molar refractivity (Wildman–Crippen MR) is 80.5 cm³/mol. The zero-order valence-corrected chi connectivity index (χ0v) is 13.2. The summed E-state index contributed by atoms with van der Waals surface area (Å²) in [6.07, 6.45) is 0. The van der Waals surface area contributed by atoms with Crippen molar-refractivity contribution in [3.8, 4) is 17.2 Å². The monoisotopic (exact) mass is 299 g/mol. The Morgan fingerprint density at radius 2 is 1.62 bits per heavy atom. The minimum Gasteiger partial charge on any atom is -0.493 e. The first-order chi connectivity index (χ1) is 10.3. The van der Waals surface area contributed by atoms with Gasteiger partial charge in [-0.1, -0.05) is 6.07 Å². The van der Waals surface area contributed by atoms with Gasteiger partial charge in [0.15, 0.2) is 11.5 Å². The van der Waals surface area contributed by atoms with Crippen LogP contribution in [-0.2, 0) is 16.0 Å². The predicted octanol–water partition coefficient (Wildman–Crippen LogP) is 1.46. The van der Waals surface area contributed by atoms with Gasteiger partial charge in [0.25, 0.3) is 0 Å². The highest BCUT2D eigenvalue weighted by atomic mass is 16.5. The molecule has 0 aliphatic rings. The lowest BCUT2D eigenvalue weighted by Gasteiger charge is -2.16. The molecule has 0 aliphatic heterocycles. The van der Waals surface area contributed by atoms with Gasteiger partial charge in [-0.25, -0.2) is 0 Å². The number of methoxy groups -OCH3 is 4. The molecule has 1 aromatic rings. The highest BCUT2D eigenvalue weighted by molar-refractivity contribution is 5.55. The summed E-state index contributed by atoms with van der Waals surface area (Å²) in [6.45, 7) is 3.28. The van der Waals surface area contributed by atoms with Gasteiger partial charge >= 0.3 is 0 Å².